The van der Waals surface area contributed by atoms with E-state index in [1.54, 1.807) is 35.2 Å². The van der Waals surface area contributed by atoms with E-state index in [0.717, 1.165) is 157 Å². The largest absolute Gasteiger partial charge is 0.540 e. The average molecular weight is 1790 g/mol. The van der Waals surface area contributed by atoms with E-state index in [1.165, 1.54) is 27.9 Å². The third kappa shape index (κ3) is 24.8. The van der Waals surface area contributed by atoms with E-state index in [-0.39, 0.29) is 184 Å². The first-order valence-corrected chi connectivity index (χ1v) is 43.5. The summed E-state index contributed by atoms with van der Waals surface area (Å²) in [4.78, 5) is 157. The molecule has 13 rings (SSSR count). The number of ether oxygens (including phenoxy) is 6. The third-order valence-corrected chi connectivity index (χ3v) is 26.4. The number of fused-ring (bicyclic) bond motifs is 13. The molecule has 31 heteroatoms. The average Bonchev–Trinajstić information content (AvgIpc) is 1.63. The van der Waals surface area contributed by atoms with Crippen LogP contribution in [0.5, 0.6) is 17.5 Å². The van der Waals surface area contributed by atoms with Crippen LogP contribution in [-0.2, 0) is 132 Å². The molecule has 6 fully saturated rings. The number of carbonyl (C=O) groups is 6. The molecule has 28 nitrogen and oxygen atoms in total. The number of nitrogens with two attached hydrogens (primary N) is 2. The van der Waals surface area contributed by atoms with Gasteiger partial charge in [0.1, 0.15) is 48.0 Å². The Morgan fingerprint density at radius 1 is 0.446 bits per heavy atom. The van der Waals surface area contributed by atoms with Crippen LogP contribution in [0.2, 0.25) is 0 Å². The standard InChI is InChI=1S/C31H42N3O5.C30H43N4O5.C29H42N5O6.3V/c1-20-24(19-35)34-18-27(20)38-26-16-28-32-13-14-33(28)17-22(26)10-7-5-6-9-21-11-8-12-25(21)39-29(36)15-23(30(34)37)31(2,3)4;1-19-23(18-35)34-17-26(19)38-25-16-32-27(13-14-31)33-22(25)11-7-5-6-9-20-10-8-12-24(20)39-28(36)15-21(29(34)37)30(2,3)4;1-18-21(17-35)34-16-23(18)40-28-32-24(12-13-30)31-27(38)33(28)14-7-5-6-9-19-10-8-11-22(19)39-25(36)15-20(26(34)37)29(2,3)4;;;/h13-14,16-17,20-21,23-25,27H,5-12,15,18H2,1-4H3;13-14,16,19-21,23-24,26H,5-12,15,17,31H2,1-4H3;12-13,18-23H,5-11,14-16,30H2,1-4H3;;;/q3*-1;;;/t20-,21+,23+,24+,25+,27-;19-,20+,21+,23+,24+,26-;18-,19+,20+,21+,22+,23-;;;/m000.../s1. The molecule has 661 valence electrons. The zero-order chi connectivity index (χ0) is 84.9. The van der Waals surface area contributed by atoms with Gasteiger partial charge in [-0.2, -0.15) is 9.97 Å². The molecule has 18 atom stereocenters. The van der Waals surface area contributed by atoms with Gasteiger partial charge in [0.15, 0.2) is 17.4 Å². The number of esters is 3. The van der Waals surface area contributed by atoms with Gasteiger partial charge in [-0.3, -0.25) is 28.8 Å². The molecule has 4 aromatic heterocycles. The van der Waals surface area contributed by atoms with Crippen LogP contribution in [0.15, 0.2) is 48.0 Å². The number of imidazole rings is 1. The molecule has 0 aromatic carbocycles. The van der Waals surface area contributed by atoms with Crippen molar-refractivity contribution < 1.29 is 127 Å². The van der Waals surface area contributed by atoms with E-state index in [1.807, 2.05) is 99.1 Å². The summed E-state index contributed by atoms with van der Waals surface area (Å²) in [5.74, 6) is -1.71. The molecular formula is C90H127N12O16V3-3. The molecule has 4 aromatic rings. The fourth-order valence-electron chi connectivity index (χ4n) is 19.1. The molecular weight excluding hydrogens is 1660 g/mol. The Bertz CT molecular complexity index is 4310. The molecule has 0 spiro atoms. The van der Waals surface area contributed by atoms with Crippen LogP contribution in [0.25, 0.3) is 17.8 Å². The van der Waals surface area contributed by atoms with Crippen LogP contribution < -0.4 is 31.4 Å². The number of nitrogens with zero attached hydrogens (tertiary/aromatic N) is 10. The topological polar surface area (TPSA) is 362 Å². The summed E-state index contributed by atoms with van der Waals surface area (Å²) in [5.41, 5.74) is 11.7. The van der Waals surface area contributed by atoms with Crippen molar-refractivity contribution in [2.75, 3.05) is 19.6 Å². The van der Waals surface area contributed by atoms with Gasteiger partial charge in [-0.25, -0.2) is 43.2 Å². The van der Waals surface area contributed by atoms with Gasteiger partial charge < -0.3 is 73.4 Å². The van der Waals surface area contributed by atoms with Gasteiger partial charge in [0.05, 0.1) is 68.5 Å². The van der Waals surface area contributed by atoms with E-state index in [0.29, 0.717) is 42.8 Å². The molecule has 121 heavy (non-hydrogen) atoms. The van der Waals surface area contributed by atoms with Crippen molar-refractivity contribution in [3.63, 3.8) is 0 Å². The molecule has 0 unspecified atom stereocenters. The smallest absolute Gasteiger partial charge is 0.353 e. The first-order valence-electron chi connectivity index (χ1n) is 43.5. The maximum atomic E-state index is 14.0. The maximum Gasteiger partial charge on any atom is 0.353 e. The SMILES string of the molecule is C[C@@H]1[C@@H]2CN(C(=O)[C@H](C(C)(C)C)CC(=O)O[C@@H]3CCC[C@H]3CCCCCc3cn4ccnc4cc3O2)[C@@H]1[C-]=O.C[C@@H]1[C@@H]2CN(C(=O)[C@H](C(C)(C)C)CC(=O)O[C@@H]3CCC[C@H]3CCCCCc3nc(C=CN)ncc3O2)[C@@H]1[C-]=O.C[C@@H]1[C@@H]2CN(C(=O)[C@H](C(C)(C)C)CC(=O)O[C@@H]3CCC[C@H]3CCCCCn3c(nc(C=CN)nc3=O)O2)[C@@H]1[C-]=O.[V].[V].[V]. The second-order valence-corrected chi connectivity index (χ2v) is 37.7. The van der Waals surface area contributed by atoms with Crippen LogP contribution in [0, 0.1) is 69.5 Å². The van der Waals surface area contributed by atoms with Crippen molar-refractivity contribution in [3.8, 4) is 17.5 Å². The van der Waals surface area contributed by atoms with Gasteiger partial charge >= 0.3 is 29.6 Å². The third-order valence-electron chi connectivity index (χ3n) is 26.4. The molecule has 6 aliphatic heterocycles. The van der Waals surface area contributed by atoms with Crippen molar-refractivity contribution in [2.24, 2.45) is 81.0 Å². The van der Waals surface area contributed by atoms with E-state index in [2.05, 4.69) is 43.7 Å². The van der Waals surface area contributed by atoms with Crippen molar-refractivity contribution >= 4 is 72.3 Å². The summed E-state index contributed by atoms with van der Waals surface area (Å²) in [5, 5.41) is 0. The molecule has 4 N–H and O–H groups in total. The zero-order valence-electron chi connectivity index (χ0n) is 72.8. The molecule has 10 heterocycles. The second kappa shape index (κ2) is 44.5. The van der Waals surface area contributed by atoms with E-state index < -0.39 is 75.9 Å². The van der Waals surface area contributed by atoms with Crippen LogP contribution in [-0.4, -0.2) is 177 Å². The minimum Gasteiger partial charge on any atom is -0.540 e. The predicted molar refractivity (Wildman–Crippen MR) is 441 cm³/mol. The fourth-order valence-corrected chi connectivity index (χ4v) is 19.1. The van der Waals surface area contributed by atoms with Crippen molar-refractivity contribution in [2.45, 2.75) is 311 Å². The summed E-state index contributed by atoms with van der Waals surface area (Å²) in [6.07, 6.45) is 39.7. The Morgan fingerprint density at radius 3 is 1.28 bits per heavy atom. The van der Waals surface area contributed by atoms with E-state index in [9.17, 15) is 47.9 Å². The summed E-state index contributed by atoms with van der Waals surface area (Å²) in [6.45, 7) is 24.0. The first kappa shape index (κ1) is 99.1. The number of hydrogen-bond donors (Lipinski definition) is 2. The fraction of sp³-hybridized carbons (Fsp3) is 0.700. The van der Waals surface area contributed by atoms with Crippen LogP contribution in [0.3, 0.4) is 0 Å². The molecule has 3 saturated heterocycles. The summed E-state index contributed by atoms with van der Waals surface area (Å²) in [6, 6.07) is -0.333. The Hall–Kier alpha value is -7.36. The maximum absolute atomic E-state index is 14.0. The van der Waals surface area contributed by atoms with Crippen molar-refractivity contribution in [3.05, 3.63) is 76.6 Å². The van der Waals surface area contributed by atoms with Crippen LogP contribution in [0.1, 0.15) is 260 Å². The van der Waals surface area contributed by atoms with Crippen molar-refractivity contribution in [1.82, 2.24) is 48.6 Å². The molecule has 3 saturated carbocycles. The molecule has 3 aliphatic carbocycles. The number of carbonyl (C=O) groups excluding carboxylic acids is 9. The molecule has 3 radical (unpaired) electrons. The normalized spacial score (nSPS) is 30.2. The monoisotopic (exact) mass is 1780 g/mol. The van der Waals surface area contributed by atoms with Crippen LogP contribution in [0.4, 0.5) is 0 Å². The van der Waals surface area contributed by atoms with Gasteiger partial charge in [-0.15, -0.1) is 0 Å². The van der Waals surface area contributed by atoms with E-state index >= 15 is 0 Å². The second-order valence-electron chi connectivity index (χ2n) is 37.7. The Kier molecular flexibility index (Phi) is 36.4. The van der Waals surface area contributed by atoms with Gasteiger partial charge in [0, 0.05) is 92.4 Å². The first-order chi connectivity index (χ1) is 56.3. The Morgan fingerprint density at radius 2 is 0.851 bits per heavy atom. The number of hydrogen-bond acceptors (Lipinski definition) is 23. The number of aromatic nitrogens is 7. The minimum atomic E-state index is -0.870. The van der Waals surface area contributed by atoms with Gasteiger partial charge in [-0.1, -0.05) is 140 Å². The quantitative estimate of drug-likeness (QED) is 0.106. The van der Waals surface area contributed by atoms with Crippen LogP contribution >= 0.6 is 0 Å². The minimum absolute atomic E-state index is 0. The molecule has 3 amide bonds. The number of pyridine rings is 1. The molecule has 6 bridgehead atoms. The van der Waals surface area contributed by atoms with E-state index in [4.69, 9.17) is 39.9 Å². The number of rotatable bonds is 5. The van der Waals surface area contributed by atoms with Gasteiger partial charge in [0.25, 0.3) is 0 Å². The van der Waals surface area contributed by atoms with Gasteiger partial charge in [0.2, 0.25) is 17.7 Å². The summed E-state index contributed by atoms with van der Waals surface area (Å²) in [7, 11) is 0. The zero-order valence-corrected chi connectivity index (χ0v) is 77.0. The van der Waals surface area contributed by atoms with Crippen molar-refractivity contribution in [1.29, 1.82) is 0 Å². The number of aryl methyl sites for hydroxylation is 2. The predicted octanol–water partition coefficient (Wildman–Crippen LogP) is 11.5. The summed E-state index contributed by atoms with van der Waals surface area (Å²) < 4.78 is 40.6. The Labute approximate surface area is 749 Å². The molecule has 9 aliphatic rings. The Balaban J connectivity index is 0.000000223. The number of amides is 3. The summed E-state index contributed by atoms with van der Waals surface area (Å²) >= 11 is 0. The van der Waals surface area contributed by atoms with Gasteiger partial charge in [-0.05, 0) is 185 Å².